The van der Waals surface area contributed by atoms with Crippen LogP contribution in [0.2, 0.25) is 0 Å². The molecule has 1 unspecified atom stereocenters. The molecule has 0 bridgehead atoms. The van der Waals surface area contributed by atoms with Gasteiger partial charge in [0, 0.05) is 17.0 Å². The summed E-state index contributed by atoms with van der Waals surface area (Å²) in [6.45, 7) is 2.01. The lowest BCUT2D eigenvalue weighted by Gasteiger charge is -2.13. The Hall–Kier alpha value is -1.33. The summed E-state index contributed by atoms with van der Waals surface area (Å²) in [4.78, 5) is 0.347. The molecule has 0 amide bonds. The Bertz CT molecular complexity index is 590. The number of nitrogens with one attached hydrogen (secondary N) is 1. The molecule has 1 aliphatic rings. The first-order chi connectivity index (χ1) is 8.49. The monoisotopic (exact) mass is 267 g/mol. The first-order valence-electron chi connectivity index (χ1n) is 5.80. The standard InChI is InChI=1S/C13H17NO3S/c1-9(14-2)7-10-8-18(15,16)12-6-4-5-11(17-3)13(10)12/h4-6,8-9,14H,7H2,1-3H3. The van der Waals surface area contributed by atoms with Crippen LogP contribution < -0.4 is 10.1 Å². The molecule has 0 fully saturated rings. The average Bonchev–Trinajstić information content (AvgIpc) is 2.61. The van der Waals surface area contributed by atoms with E-state index in [1.165, 1.54) is 5.41 Å². The minimum Gasteiger partial charge on any atom is -0.496 e. The Balaban J connectivity index is 2.54. The topological polar surface area (TPSA) is 55.4 Å². The van der Waals surface area contributed by atoms with Crippen molar-refractivity contribution in [1.29, 1.82) is 0 Å². The minimum atomic E-state index is -3.31. The van der Waals surface area contributed by atoms with Crippen LogP contribution in [0.5, 0.6) is 5.75 Å². The Kier molecular flexibility index (Phi) is 3.45. The fourth-order valence-corrected chi connectivity index (χ4v) is 3.63. The lowest BCUT2D eigenvalue weighted by atomic mass is 10.00. The summed E-state index contributed by atoms with van der Waals surface area (Å²) < 4.78 is 29.4. The maximum absolute atomic E-state index is 12.0. The quantitative estimate of drug-likeness (QED) is 0.904. The Morgan fingerprint density at radius 2 is 2.11 bits per heavy atom. The molecule has 1 N–H and O–H groups in total. The van der Waals surface area contributed by atoms with Gasteiger partial charge in [0.2, 0.25) is 9.84 Å². The predicted octanol–water partition coefficient (Wildman–Crippen LogP) is 1.82. The molecule has 1 aliphatic heterocycles. The number of ether oxygens (including phenoxy) is 1. The number of sulfone groups is 1. The van der Waals surface area contributed by atoms with Gasteiger partial charge in [0.1, 0.15) is 5.75 Å². The lowest BCUT2D eigenvalue weighted by molar-refractivity contribution is 0.412. The third-order valence-corrected chi connectivity index (χ3v) is 4.70. The summed E-state index contributed by atoms with van der Waals surface area (Å²) in [7, 11) is 0.103. The van der Waals surface area contributed by atoms with Gasteiger partial charge in [-0.25, -0.2) is 8.42 Å². The van der Waals surface area contributed by atoms with Crippen molar-refractivity contribution in [3.05, 3.63) is 29.2 Å². The summed E-state index contributed by atoms with van der Waals surface area (Å²) in [6.07, 6.45) is 0.656. The molecule has 1 atom stereocenters. The van der Waals surface area contributed by atoms with Gasteiger partial charge in [-0.2, -0.15) is 0 Å². The Morgan fingerprint density at radius 1 is 1.39 bits per heavy atom. The third kappa shape index (κ3) is 2.15. The van der Waals surface area contributed by atoms with E-state index in [0.717, 1.165) is 5.57 Å². The van der Waals surface area contributed by atoms with E-state index < -0.39 is 9.84 Å². The van der Waals surface area contributed by atoms with Crippen molar-refractivity contribution < 1.29 is 13.2 Å². The zero-order valence-corrected chi connectivity index (χ0v) is 11.5. The van der Waals surface area contributed by atoms with Gasteiger partial charge in [0.05, 0.1) is 12.0 Å². The highest BCUT2D eigenvalue weighted by Gasteiger charge is 2.30. The van der Waals surface area contributed by atoms with Crippen LogP contribution in [0.4, 0.5) is 0 Å². The van der Waals surface area contributed by atoms with Gasteiger partial charge in [0.15, 0.2) is 0 Å². The van der Waals surface area contributed by atoms with Crippen LogP contribution in [0.25, 0.3) is 5.57 Å². The van der Waals surface area contributed by atoms with E-state index in [1.807, 2.05) is 14.0 Å². The lowest BCUT2D eigenvalue weighted by Crippen LogP contribution is -2.21. The molecule has 1 aromatic rings. The summed E-state index contributed by atoms with van der Waals surface area (Å²) in [5, 5.41) is 4.47. The number of rotatable bonds is 4. The van der Waals surface area contributed by atoms with E-state index >= 15 is 0 Å². The largest absolute Gasteiger partial charge is 0.496 e. The molecule has 0 saturated carbocycles. The third-order valence-electron chi connectivity index (χ3n) is 3.15. The normalized spacial score (nSPS) is 18.1. The highest BCUT2D eigenvalue weighted by molar-refractivity contribution is 7.95. The van der Waals surface area contributed by atoms with Crippen molar-refractivity contribution in [2.45, 2.75) is 24.3 Å². The minimum absolute atomic E-state index is 0.210. The molecule has 0 aliphatic carbocycles. The van der Waals surface area contributed by atoms with E-state index in [1.54, 1.807) is 25.3 Å². The maximum Gasteiger partial charge on any atom is 0.200 e. The summed E-state index contributed by atoms with van der Waals surface area (Å²) >= 11 is 0. The van der Waals surface area contributed by atoms with Gasteiger partial charge >= 0.3 is 0 Å². The fraction of sp³-hybridized carbons (Fsp3) is 0.385. The molecular formula is C13H17NO3S. The van der Waals surface area contributed by atoms with Gasteiger partial charge in [0.25, 0.3) is 0 Å². The first-order valence-corrected chi connectivity index (χ1v) is 7.34. The van der Waals surface area contributed by atoms with E-state index in [0.29, 0.717) is 22.6 Å². The van der Waals surface area contributed by atoms with Crippen molar-refractivity contribution in [2.24, 2.45) is 0 Å². The molecule has 5 heteroatoms. The second kappa shape index (κ2) is 4.74. The highest BCUT2D eigenvalue weighted by atomic mass is 32.2. The number of methoxy groups -OCH3 is 1. The second-order valence-electron chi connectivity index (χ2n) is 4.42. The maximum atomic E-state index is 12.0. The van der Waals surface area contributed by atoms with Crippen LogP contribution in [0, 0.1) is 0 Å². The first kappa shape index (κ1) is 13.1. The second-order valence-corrected chi connectivity index (χ2v) is 6.18. The van der Waals surface area contributed by atoms with Crippen molar-refractivity contribution in [1.82, 2.24) is 5.32 Å². The molecule has 4 nitrogen and oxygen atoms in total. The van der Waals surface area contributed by atoms with Crippen LogP contribution >= 0.6 is 0 Å². The fourth-order valence-electron chi connectivity index (χ4n) is 2.13. The number of benzene rings is 1. The summed E-state index contributed by atoms with van der Waals surface area (Å²) in [5.41, 5.74) is 1.52. The Labute approximate surface area is 108 Å². The molecule has 0 saturated heterocycles. The zero-order chi connectivity index (χ0) is 13.3. The average molecular weight is 267 g/mol. The number of hydrogen-bond donors (Lipinski definition) is 1. The zero-order valence-electron chi connectivity index (χ0n) is 10.7. The molecule has 98 valence electrons. The molecule has 2 rings (SSSR count). The number of hydrogen-bond acceptors (Lipinski definition) is 4. The van der Waals surface area contributed by atoms with Crippen LogP contribution in [0.15, 0.2) is 28.5 Å². The smallest absolute Gasteiger partial charge is 0.200 e. The van der Waals surface area contributed by atoms with Crippen molar-refractivity contribution >= 4 is 15.4 Å². The summed E-state index contributed by atoms with van der Waals surface area (Å²) in [5.74, 6) is 0.614. The van der Waals surface area contributed by atoms with Crippen LogP contribution in [0.3, 0.4) is 0 Å². The Morgan fingerprint density at radius 3 is 2.72 bits per heavy atom. The van der Waals surface area contributed by atoms with Gasteiger partial charge in [-0.3, -0.25) is 0 Å². The van der Waals surface area contributed by atoms with Crippen LogP contribution in [-0.2, 0) is 9.84 Å². The van der Waals surface area contributed by atoms with Gasteiger partial charge in [-0.15, -0.1) is 0 Å². The van der Waals surface area contributed by atoms with Gasteiger partial charge in [-0.1, -0.05) is 6.07 Å². The number of fused-ring (bicyclic) bond motifs is 1. The van der Waals surface area contributed by atoms with E-state index in [9.17, 15) is 8.42 Å². The van der Waals surface area contributed by atoms with Gasteiger partial charge in [-0.05, 0) is 38.1 Å². The molecule has 0 spiro atoms. The van der Waals surface area contributed by atoms with Gasteiger partial charge < -0.3 is 10.1 Å². The predicted molar refractivity (Wildman–Crippen MR) is 71.3 cm³/mol. The van der Waals surface area contributed by atoms with Crippen molar-refractivity contribution in [3.63, 3.8) is 0 Å². The highest BCUT2D eigenvalue weighted by Crippen LogP contribution is 2.41. The molecular weight excluding hydrogens is 250 g/mol. The molecule has 18 heavy (non-hydrogen) atoms. The van der Waals surface area contributed by atoms with Crippen LogP contribution in [-0.4, -0.2) is 28.6 Å². The van der Waals surface area contributed by atoms with Crippen molar-refractivity contribution in [2.75, 3.05) is 14.2 Å². The van der Waals surface area contributed by atoms with E-state index in [4.69, 9.17) is 4.74 Å². The van der Waals surface area contributed by atoms with Crippen LogP contribution in [0.1, 0.15) is 18.9 Å². The molecule has 1 heterocycles. The van der Waals surface area contributed by atoms with Crippen molar-refractivity contribution in [3.8, 4) is 5.75 Å². The summed E-state index contributed by atoms with van der Waals surface area (Å²) in [6, 6.07) is 5.33. The SMILES string of the molecule is CNC(C)CC1=CS(=O)(=O)c2cccc(OC)c21. The molecule has 0 radical (unpaired) electrons. The van der Waals surface area contributed by atoms with E-state index in [-0.39, 0.29) is 6.04 Å². The molecule has 1 aromatic carbocycles. The van der Waals surface area contributed by atoms with E-state index in [2.05, 4.69) is 5.32 Å². The molecule has 0 aromatic heterocycles.